The summed E-state index contributed by atoms with van der Waals surface area (Å²) in [4.78, 5) is 10.3. The second-order valence-electron chi connectivity index (χ2n) is 10.2. The lowest BCUT2D eigenvalue weighted by molar-refractivity contribution is 0.673. The van der Waals surface area contributed by atoms with Gasteiger partial charge in [-0.25, -0.2) is 9.97 Å². The zero-order chi connectivity index (χ0) is 27.2. The van der Waals surface area contributed by atoms with Crippen molar-refractivity contribution in [2.75, 3.05) is 0 Å². The number of nitrogens with zero attached hydrogens (tertiary/aromatic N) is 2. The van der Waals surface area contributed by atoms with Gasteiger partial charge >= 0.3 is 0 Å². The summed E-state index contributed by atoms with van der Waals surface area (Å²) in [5.74, 6) is 0.675. The molecule has 0 aliphatic rings. The van der Waals surface area contributed by atoms with Crippen LogP contribution < -0.4 is 0 Å². The number of aromatic nitrogens is 2. The Morgan fingerprint density at radius 3 is 1.68 bits per heavy atom. The van der Waals surface area contributed by atoms with Crippen LogP contribution in [0.15, 0.2) is 150 Å². The molecule has 8 rings (SSSR count). The number of benzene rings is 6. The molecule has 0 fully saturated rings. The van der Waals surface area contributed by atoms with Gasteiger partial charge in [-0.15, -0.1) is 0 Å². The molecule has 0 radical (unpaired) electrons. The van der Waals surface area contributed by atoms with Gasteiger partial charge in [0.05, 0.1) is 11.4 Å². The first-order valence-electron chi connectivity index (χ1n) is 13.8. The van der Waals surface area contributed by atoms with Crippen LogP contribution in [-0.2, 0) is 0 Å². The number of fused-ring (bicyclic) bond motifs is 5. The summed E-state index contributed by atoms with van der Waals surface area (Å²) in [6.45, 7) is 0. The SMILES string of the molecule is c1ccc(-c2cc(-c3ccccc3)nc(-c3cc4cccc(-c5ccccc5)c4c4oc5ccccc5c34)n2)cc1. The van der Waals surface area contributed by atoms with Crippen LogP contribution in [0.1, 0.15) is 0 Å². The van der Waals surface area contributed by atoms with Crippen molar-refractivity contribution in [1.29, 1.82) is 0 Å². The fourth-order valence-electron chi connectivity index (χ4n) is 5.78. The molecule has 3 heteroatoms. The molecule has 0 spiro atoms. The molecule has 0 saturated carbocycles. The molecular weight excluding hydrogens is 500 g/mol. The molecule has 8 aromatic rings. The Morgan fingerprint density at radius 1 is 0.439 bits per heavy atom. The van der Waals surface area contributed by atoms with Crippen LogP contribution >= 0.6 is 0 Å². The molecule has 6 aromatic carbocycles. The van der Waals surface area contributed by atoms with Gasteiger partial charge in [0.15, 0.2) is 5.82 Å². The summed E-state index contributed by atoms with van der Waals surface area (Å²) in [5, 5.41) is 4.26. The molecule has 0 N–H and O–H groups in total. The molecule has 2 aromatic heterocycles. The Labute approximate surface area is 237 Å². The minimum atomic E-state index is 0.675. The highest BCUT2D eigenvalue weighted by Gasteiger charge is 2.21. The average molecular weight is 525 g/mol. The number of hydrogen-bond acceptors (Lipinski definition) is 3. The molecule has 0 saturated heterocycles. The van der Waals surface area contributed by atoms with Crippen LogP contribution in [0.5, 0.6) is 0 Å². The van der Waals surface area contributed by atoms with Crippen molar-refractivity contribution in [2.24, 2.45) is 0 Å². The van der Waals surface area contributed by atoms with E-state index in [0.717, 1.165) is 71.9 Å². The minimum absolute atomic E-state index is 0.675. The standard InChI is InChI=1S/C38H24N2O/c1-4-13-25(14-5-1)29-21-12-19-28-23-31(36-30-20-10-11-22-34(30)41-37(36)35(28)29)38-39-32(26-15-6-2-7-16-26)24-33(40-38)27-17-8-3-9-18-27/h1-24H. The van der Waals surface area contributed by atoms with Gasteiger partial charge in [0.1, 0.15) is 11.2 Å². The van der Waals surface area contributed by atoms with Gasteiger partial charge in [-0.3, -0.25) is 0 Å². The molecule has 2 heterocycles. The Hall–Kier alpha value is -5.54. The van der Waals surface area contributed by atoms with E-state index >= 15 is 0 Å². The number of furan rings is 1. The van der Waals surface area contributed by atoms with Gasteiger partial charge in [0, 0.05) is 32.8 Å². The van der Waals surface area contributed by atoms with Crippen molar-refractivity contribution in [3.63, 3.8) is 0 Å². The van der Waals surface area contributed by atoms with E-state index < -0.39 is 0 Å². The second-order valence-corrected chi connectivity index (χ2v) is 10.2. The van der Waals surface area contributed by atoms with E-state index in [2.05, 4.69) is 91.0 Å². The quantitative estimate of drug-likeness (QED) is 0.230. The Kier molecular flexibility index (Phi) is 5.46. The fraction of sp³-hybridized carbons (Fsp3) is 0. The van der Waals surface area contributed by atoms with Crippen LogP contribution in [0.2, 0.25) is 0 Å². The van der Waals surface area contributed by atoms with E-state index in [4.69, 9.17) is 14.4 Å². The number of rotatable bonds is 4. The summed E-state index contributed by atoms with van der Waals surface area (Å²) in [5.41, 5.74) is 8.82. The zero-order valence-corrected chi connectivity index (χ0v) is 22.2. The van der Waals surface area contributed by atoms with Crippen molar-refractivity contribution < 1.29 is 4.42 Å². The summed E-state index contributed by atoms with van der Waals surface area (Å²) < 4.78 is 6.66. The first-order valence-corrected chi connectivity index (χ1v) is 13.8. The molecule has 192 valence electrons. The van der Waals surface area contributed by atoms with Gasteiger partial charge in [-0.1, -0.05) is 127 Å². The Balaban J connectivity index is 1.49. The van der Waals surface area contributed by atoms with Crippen LogP contribution in [0, 0.1) is 0 Å². The van der Waals surface area contributed by atoms with E-state index in [0.29, 0.717) is 5.82 Å². The van der Waals surface area contributed by atoms with E-state index in [1.165, 1.54) is 0 Å². The van der Waals surface area contributed by atoms with Crippen LogP contribution in [-0.4, -0.2) is 9.97 Å². The predicted octanol–water partition coefficient (Wildman–Crippen LogP) is 10.2. The number of para-hydroxylation sites is 1. The summed E-state index contributed by atoms with van der Waals surface area (Å²) in [7, 11) is 0. The van der Waals surface area contributed by atoms with Crippen molar-refractivity contribution in [2.45, 2.75) is 0 Å². The molecule has 0 atom stereocenters. The lowest BCUT2D eigenvalue weighted by Gasteiger charge is -2.13. The summed E-state index contributed by atoms with van der Waals surface area (Å²) in [6.07, 6.45) is 0. The van der Waals surface area contributed by atoms with E-state index in [-0.39, 0.29) is 0 Å². The topological polar surface area (TPSA) is 38.9 Å². The molecule has 3 nitrogen and oxygen atoms in total. The van der Waals surface area contributed by atoms with Crippen molar-refractivity contribution in [3.05, 3.63) is 146 Å². The first kappa shape index (κ1) is 23.4. The summed E-state index contributed by atoms with van der Waals surface area (Å²) in [6, 6.07) is 50.1. The van der Waals surface area contributed by atoms with Crippen LogP contribution in [0.3, 0.4) is 0 Å². The zero-order valence-electron chi connectivity index (χ0n) is 22.2. The van der Waals surface area contributed by atoms with Crippen LogP contribution in [0.25, 0.3) is 77.7 Å². The van der Waals surface area contributed by atoms with Crippen molar-refractivity contribution in [1.82, 2.24) is 9.97 Å². The highest BCUT2D eigenvalue weighted by atomic mass is 16.3. The maximum atomic E-state index is 6.66. The van der Waals surface area contributed by atoms with E-state index in [1.807, 2.05) is 54.6 Å². The molecule has 0 unspecified atom stereocenters. The monoisotopic (exact) mass is 524 g/mol. The highest BCUT2D eigenvalue weighted by molar-refractivity contribution is 6.23. The maximum Gasteiger partial charge on any atom is 0.161 e. The molecule has 0 aliphatic heterocycles. The molecule has 41 heavy (non-hydrogen) atoms. The lowest BCUT2D eigenvalue weighted by Crippen LogP contribution is -1.97. The third kappa shape index (κ3) is 3.98. The van der Waals surface area contributed by atoms with Crippen LogP contribution in [0.4, 0.5) is 0 Å². The second kappa shape index (κ2) is 9.58. The first-order chi connectivity index (χ1) is 20.3. The van der Waals surface area contributed by atoms with E-state index in [1.54, 1.807) is 0 Å². The van der Waals surface area contributed by atoms with Gasteiger partial charge in [0.25, 0.3) is 0 Å². The third-order valence-electron chi connectivity index (χ3n) is 7.68. The molecule has 0 aliphatic carbocycles. The molecular formula is C38H24N2O. The molecule has 0 amide bonds. The maximum absolute atomic E-state index is 6.66. The minimum Gasteiger partial charge on any atom is -0.455 e. The van der Waals surface area contributed by atoms with Crippen molar-refractivity contribution in [3.8, 4) is 45.0 Å². The normalized spacial score (nSPS) is 11.4. The largest absolute Gasteiger partial charge is 0.455 e. The van der Waals surface area contributed by atoms with Crippen molar-refractivity contribution >= 4 is 32.7 Å². The lowest BCUT2D eigenvalue weighted by atomic mass is 9.93. The summed E-state index contributed by atoms with van der Waals surface area (Å²) >= 11 is 0. The Morgan fingerprint density at radius 2 is 1.02 bits per heavy atom. The average Bonchev–Trinajstić information content (AvgIpc) is 3.45. The highest BCUT2D eigenvalue weighted by Crippen LogP contribution is 2.44. The van der Waals surface area contributed by atoms with Gasteiger partial charge in [0.2, 0.25) is 0 Å². The third-order valence-corrected chi connectivity index (χ3v) is 7.68. The molecule has 0 bridgehead atoms. The van der Waals surface area contributed by atoms with Gasteiger partial charge in [-0.2, -0.15) is 0 Å². The fourth-order valence-corrected chi connectivity index (χ4v) is 5.78. The van der Waals surface area contributed by atoms with Gasteiger partial charge in [-0.05, 0) is 34.7 Å². The number of hydrogen-bond donors (Lipinski definition) is 0. The predicted molar refractivity (Wildman–Crippen MR) is 169 cm³/mol. The smallest absolute Gasteiger partial charge is 0.161 e. The Bertz CT molecular complexity index is 2130. The van der Waals surface area contributed by atoms with Gasteiger partial charge < -0.3 is 4.42 Å². The van der Waals surface area contributed by atoms with E-state index in [9.17, 15) is 0 Å².